The van der Waals surface area contributed by atoms with Gasteiger partial charge in [0.1, 0.15) is 23.9 Å². The van der Waals surface area contributed by atoms with Crippen molar-refractivity contribution in [2.75, 3.05) is 6.61 Å². The van der Waals surface area contributed by atoms with Gasteiger partial charge in [-0.3, -0.25) is 4.79 Å². The fourth-order valence-corrected chi connectivity index (χ4v) is 3.98. The molecule has 2 heterocycles. The number of ether oxygens (including phenoxy) is 1. The highest BCUT2D eigenvalue weighted by Crippen LogP contribution is 2.28. The second-order valence-electron chi connectivity index (χ2n) is 7.37. The summed E-state index contributed by atoms with van der Waals surface area (Å²) in [6.45, 7) is 5.18. The molecule has 1 aromatic carbocycles. The van der Waals surface area contributed by atoms with Crippen LogP contribution in [-0.2, 0) is 15.8 Å². The number of rotatable bonds is 5. The van der Waals surface area contributed by atoms with Gasteiger partial charge in [-0.1, -0.05) is 12.1 Å². The Bertz CT molecular complexity index is 1170. The summed E-state index contributed by atoms with van der Waals surface area (Å²) >= 11 is 0. The number of aromatic amines is 1. The van der Waals surface area contributed by atoms with Gasteiger partial charge in [0.25, 0.3) is 15.9 Å². The summed E-state index contributed by atoms with van der Waals surface area (Å²) in [7, 11) is -3.64. The third kappa shape index (κ3) is 4.80. The number of amidine groups is 1. The van der Waals surface area contributed by atoms with E-state index in [1.54, 1.807) is 39.0 Å². The Morgan fingerprint density at radius 3 is 2.79 bits per heavy atom. The molecule has 0 aliphatic carbocycles. The van der Waals surface area contributed by atoms with Gasteiger partial charge >= 0.3 is 5.69 Å². The second-order valence-corrected chi connectivity index (χ2v) is 9.01. The molecule has 1 aromatic heterocycles. The van der Waals surface area contributed by atoms with Crippen LogP contribution in [0.4, 0.5) is 0 Å². The number of carbonyl (C=O) groups excluding carboxylic acids is 1. The van der Waals surface area contributed by atoms with Gasteiger partial charge in [0.2, 0.25) is 0 Å². The molecule has 0 saturated carbocycles. The Morgan fingerprint density at radius 2 is 2.10 bits per heavy atom. The lowest BCUT2D eigenvalue weighted by Crippen LogP contribution is -2.48. The van der Waals surface area contributed by atoms with E-state index in [2.05, 4.69) is 19.7 Å². The van der Waals surface area contributed by atoms with Gasteiger partial charge in [0, 0.05) is 5.69 Å². The van der Waals surface area contributed by atoms with E-state index >= 15 is 0 Å². The van der Waals surface area contributed by atoms with Crippen LogP contribution < -0.4 is 21.5 Å². The molecule has 2 aromatic rings. The first-order valence-electron chi connectivity index (χ1n) is 8.69. The summed E-state index contributed by atoms with van der Waals surface area (Å²) < 4.78 is 32.9. The topological polar surface area (TPSA) is 157 Å². The number of nitrogens with two attached hydrogens (primary N) is 1. The summed E-state index contributed by atoms with van der Waals surface area (Å²) in [4.78, 5) is 30.1. The van der Waals surface area contributed by atoms with E-state index in [1.807, 2.05) is 0 Å². The number of hydrogen-bond donors (Lipinski definition) is 3. The number of H-pyrrole nitrogens is 1. The Morgan fingerprint density at radius 1 is 1.38 bits per heavy atom. The van der Waals surface area contributed by atoms with E-state index in [-0.39, 0.29) is 23.9 Å². The Hall–Kier alpha value is -3.21. The number of fused-ring (bicyclic) bond motifs is 1. The van der Waals surface area contributed by atoms with E-state index < -0.39 is 27.2 Å². The molecule has 3 rings (SSSR count). The van der Waals surface area contributed by atoms with Crippen molar-refractivity contribution in [3.05, 3.63) is 57.3 Å². The predicted octanol–water partition coefficient (Wildman–Crippen LogP) is 0.214. The zero-order valence-electron chi connectivity index (χ0n) is 16.1. The number of sulfonamides is 1. The van der Waals surface area contributed by atoms with Gasteiger partial charge in [0.05, 0.1) is 16.9 Å². The Kier molecular flexibility index (Phi) is 5.18. The molecule has 0 unspecified atom stereocenters. The van der Waals surface area contributed by atoms with Crippen molar-refractivity contribution in [1.82, 2.24) is 15.3 Å². The summed E-state index contributed by atoms with van der Waals surface area (Å²) in [6.07, 6.45) is 0. The van der Waals surface area contributed by atoms with Gasteiger partial charge in [-0.25, -0.2) is 13.2 Å². The molecule has 11 heteroatoms. The first-order chi connectivity index (χ1) is 13.5. The molecule has 1 aliphatic rings. The lowest BCUT2D eigenvalue weighted by molar-refractivity contribution is 0.0875. The number of aryl methyl sites for hydroxylation is 1. The first kappa shape index (κ1) is 20.5. The fraction of sp³-hybridized carbons (Fsp3) is 0.333. The number of carbonyl (C=O) groups is 1. The average molecular weight is 419 g/mol. The molecule has 0 bridgehead atoms. The quantitative estimate of drug-likeness (QED) is 0.625. The van der Waals surface area contributed by atoms with Gasteiger partial charge in [-0.05, 0) is 38.5 Å². The fourth-order valence-electron chi connectivity index (χ4n) is 2.89. The SMILES string of the molecule is Cc1cc(C(=O)NC(C)(C)COc2cccc3c2C(N)=NS(=O)(=O)C3)nc(=O)[nH]1. The lowest BCUT2D eigenvalue weighted by atomic mass is 10.1. The van der Waals surface area contributed by atoms with Crippen molar-refractivity contribution in [1.29, 1.82) is 0 Å². The van der Waals surface area contributed by atoms with Gasteiger partial charge in [0.15, 0.2) is 0 Å². The molecule has 0 spiro atoms. The first-order valence-corrected chi connectivity index (χ1v) is 10.3. The Labute approximate surface area is 167 Å². The molecular weight excluding hydrogens is 398 g/mol. The summed E-state index contributed by atoms with van der Waals surface area (Å²) in [5.41, 5.74) is 5.84. The third-order valence-corrected chi connectivity index (χ3v) is 5.25. The minimum Gasteiger partial charge on any atom is -0.490 e. The van der Waals surface area contributed by atoms with Crippen LogP contribution in [-0.4, -0.2) is 42.3 Å². The minimum absolute atomic E-state index is 0.00185. The van der Waals surface area contributed by atoms with Crippen LogP contribution in [0, 0.1) is 6.92 Å². The largest absolute Gasteiger partial charge is 0.490 e. The average Bonchev–Trinajstić information content (AvgIpc) is 2.57. The number of benzene rings is 1. The van der Waals surface area contributed by atoms with E-state index in [4.69, 9.17) is 10.5 Å². The molecule has 1 amide bonds. The highest BCUT2D eigenvalue weighted by Gasteiger charge is 2.27. The van der Waals surface area contributed by atoms with Crippen molar-refractivity contribution >= 4 is 21.8 Å². The third-order valence-electron chi connectivity index (χ3n) is 4.10. The molecule has 0 fully saturated rings. The second kappa shape index (κ2) is 7.32. The maximum atomic E-state index is 12.4. The van der Waals surface area contributed by atoms with E-state index in [0.717, 1.165) is 0 Å². The number of amides is 1. The maximum absolute atomic E-state index is 12.4. The summed E-state index contributed by atoms with van der Waals surface area (Å²) in [5.74, 6) is -0.540. The lowest BCUT2D eigenvalue weighted by Gasteiger charge is -2.27. The number of aromatic nitrogens is 2. The molecule has 10 nitrogen and oxygen atoms in total. The van der Waals surface area contributed by atoms with Gasteiger partial charge < -0.3 is 20.8 Å². The zero-order valence-corrected chi connectivity index (χ0v) is 17.0. The normalized spacial score (nSPS) is 15.2. The molecular formula is C18H21N5O5S. The number of nitrogens with zero attached hydrogens (tertiary/aromatic N) is 2. The monoisotopic (exact) mass is 419 g/mol. The van der Waals surface area contributed by atoms with E-state index in [9.17, 15) is 18.0 Å². The molecule has 0 saturated heterocycles. The highest BCUT2D eigenvalue weighted by atomic mass is 32.2. The number of nitrogens with one attached hydrogen (secondary N) is 2. The molecule has 29 heavy (non-hydrogen) atoms. The highest BCUT2D eigenvalue weighted by molar-refractivity contribution is 7.89. The summed E-state index contributed by atoms with van der Waals surface area (Å²) in [6, 6.07) is 6.43. The molecule has 0 atom stereocenters. The molecule has 4 N–H and O–H groups in total. The van der Waals surface area contributed by atoms with E-state index in [1.165, 1.54) is 6.07 Å². The van der Waals surface area contributed by atoms with Crippen LogP contribution in [0.15, 0.2) is 33.5 Å². The van der Waals surface area contributed by atoms with Crippen LogP contribution >= 0.6 is 0 Å². The van der Waals surface area contributed by atoms with Crippen molar-refractivity contribution < 1.29 is 17.9 Å². The summed E-state index contributed by atoms with van der Waals surface area (Å²) in [5, 5.41) is 2.77. The van der Waals surface area contributed by atoms with Crippen molar-refractivity contribution in [3.63, 3.8) is 0 Å². The Balaban J connectivity index is 1.76. The number of hydrogen-bond acceptors (Lipinski definition) is 7. The van der Waals surface area contributed by atoms with Crippen molar-refractivity contribution in [2.24, 2.45) is 10.1 Å². The van der Waals surface area contributed by atoms with Crippen LogP contribution in [0.1, 0.15) is 41.2 Å². The molecule has 0 radical (unpaired) electrons. The van der Waals surface area contributed by atoms with Crippen LogP contribution in [0.25, 0.3) is 0 Å². The van der Waals surface area contributed by atoms with E-state index in [0.29, 0.717) is 22.6 Å². The molecule has 1 aliphatic heterocycles. The maximum Gasteiger partial charge on any atom is 0.345 e. The van der Waals surface area contributed by atoms with Crippen molar-refractivity contribution in [2.45, 2.75) is 32.1 Å². The van der Waals surface area contributed by atoms with Gasteiger partial charge in [-0.15, -0.1) is 4.40 Å². The predicted molar refractivity (Wildman–Crippen MR) is 106 cm³/mol. The van der Waals surface area contributed by atoms with Gasteiger partial charge in [-0.2, -0.15) is 4.98 Å². The minimum atomic E-state index is -3.64. The van der Waals surface area contributed by atoms with Crippen LogP contribution in [0.3, 0.4) is 0 Å². The zero-order chi connectivity index (χ0) is 21.4. The van der Waals surface area contributed by atoms with Crippen molar-refractivity contribution in [3.8, 4) is 5.75 Å². The van der Waals surface area contributed by atoms with Crippen LogP contribution in [0.5, 0.6) is 5.75 Å². The standard InChI is InChI=1S/C18H21N5O5S/c1-10-7-12(21-17(25)20-10)16(24)22-18(2,3)9-28-13-6-4-5-11-8-29(26,27)23-15(19)14(11)13/h4-7H,8-9H2,1-3H3,(H2,19,23)(H,22,24)(H,20,21,25). The van der Waals surface area contributed by atoms with Crippen LogP contribution in [0.2, 0.25) is 0 Å². The smallest absolute Gasteiger partial charge is 0.345 e. The molecule has 154 valence electrons.